The molecular weight excluding hydrogens is 250 g/mol. The molecule has 6 nitrogen and oxygen atoms in total. The molecule has 0 saturated carbocycles. The molecule has 6 heteroatoms. The highest BCUT2D eigenvalue weighted by Crippen LogP contribution is 2.37. The average molecular weight is 273 g/mol. The zero-order valence-electron chi connectivity index (χ0n) is 12.1. The number of carbonyl (C=O) groups is 2. The Morgan fingerprint density at radius 2 is 1.68 bits per heavy atom. The van der Waals surface area contributed by atoms with Crippen molar-refractivity contribution < 1.29 is 24.5 Å². The van der Waals surface area contributed by atoms with Crippen molar-refractivity contribution in [2.45, 2.75) is 46.3 Å². The summed E-state index contributed by atoms with van der Waals surface area (Å²) >= 11 is 0. The molecule has 0 aromatic rings. The van der Waals surface area contributed by atoms with Gasteiger partial charge in [-0.05, 0) is 20.8 Å². The number of aliphatic hydroxyl groups excluding tert-OH is 1. The largest absolute Gasteiger partial charge is 0.479 e. The van der Waals surface area contributed by atoms with Gasteiger partial charge in [0.05, 0.1) is 0 Å². The third-order valence-corrected chi connectivity index (χ3v) is 3.52. The summed E-state index contributed by atoms with van der Waals surface area (Å²) < 4.78 is 5.22. The number of amides is 1. The molecule has 1 amide bonds. The zero-order valence-corrected chi connectivity index (χ0v) is 12.1. The molecule has 1 rings (SSSR count). The van der Waals surface area contributed by atoms with Crippen LogP contribution in [0.2, 0.25) is 0 Å². The lowest BCUT2D eigenvalue weighted by Crippen LogP contribution is -2.59. The molecule has 1 fully saturated rings. The average Bonchev–Trinajstić information content (AvgIpc) is 2.09. The number of likely N-dealkylation sites (tertiary alicyclic amines) is 1. The summed E-state index contributed by atoms with van der Waals surface area (Å²) in [6.45, 7) is 9.59. The molecule has 1 aliphatic heterocycles. The molecule has 0 aliphatic carbocycles. The lowest BCUT2D eigenvalue weighted by molar-refractivity contribution is -0.159. The SMILES string of the molecule is CC(C)(C)OC(=O)N1CC(C(C)(C)C(O)C(=O)O)C1. The topological polar surface area (TPSA) is 87.1 Å². The maximum Gasteiger partial charge on any atom is 0.410 e. The molecule has 2 N–H and O–H groups in total. The van der Waals surface area contributed by atoms with Crippen LogP contribution in [0.4, 0.5) is 4.79 Å². The number of carboxylic acid groups (broad SMARTS) is 1. The van der Waals surface area contributed by atoms with E-state index in [4.69, 9.17) is 9.84 Å². The smallest absolute Gasteiger partial charge is 0.410 e. The van der Waals surface area contributed by atoms with Crippen LogP contribution in [0.15, 0.2) is 0 Å². The molecule has 1 atom stereocenters. The molecule has 1 unspecified atom stereocenters. The van der Waals surface area contributed by atoms with E-state index in [2.05, 4.69) is 0 Å². The van der Waals surface area contributed by atoms with E-state index >= 15 is 0 Å². The maximum absolute atomic E-state index is 11.7. The van der Waals surface area contributed by atoms with Crippen molar-refractivity contribution in [3.63, 3.8) is 0 Å². The highest BCUT2D eigenvalue weighted by atomic mass is 16.6. The van der Waals surface area contributed by atoms with E-state index in [1.54, 1.807) is 34.6 Å². The Bertz CT molecular complexity index is 366. The minimum Gasteiger partial charge on any atom is -0.479 e. The van der Waals surface area contributed by atoms with E-state index in [9.17, 15) is 14.7 Å². The van der Waals surface area contributed by atoms with E-state index in [0.717, 1.165) is 0 Å². The van der Waals surface area contributed by atoms with Gasteiger partial charge in [0.1, 0.15) is 5.60 Å². The minimum atomic E-state index is -1.43. The number of carbonyl (C=O) groups excluding carboxylic acids is 1. The minimum absolute atomic E-state index is 0.0499. The number of rotatable bonds is 3. The summed E-state index contributed by atoms with van der Waals surface area (Å²) in [5.74, 6) is -1.29. The highest BCUT2D eigenvalue weighted by Gasteiger charge is 2.47. The first-order valence-electron chi connectivity index (χ1n) is 6.34. The van der Waals surface area contributed by atoms with Gasteiger partial charge < -0.3 is 19.8 Å². The second kappa shape index (κ2) is 5.00. The van der Waals surface area contributed by atoms with E-state index in [1.165, 1.54) is 4.90 Å². The van der Waals surface area contributed by atoms with E-state index in [1.807, 2.05) is 0 Å². The van der Waals surface area contributed by atoms with Crippen LogP contribution in [0.5, 0.6) is 0 Å². The Labute approximate surface area is 113 Å². The van der Waals surface area contributed by atoms with Crippen LogP contribution in [0.3, 0.4) is 0 Å². The Kier molecular flexibility index (Phi) is 4.14. The van der Waals surface area contributed by atoms with Gasteiger partial charge in [-0.2, -0.15) is 0 Å². The van der Waals surface area contributed by atoms with Gasteiger partial charge in [-0.15, -0.1) is 0 Å². The summed E-state index contributed by atoms with van der Waals surface area (Å²) in [6.07, 6.45) is -1.83. The van der Waals surface area contributed by atoms with Crippen LogP contribution in [0, 0.1) is 11.3 Å². The van der Waals surface area contributed by atoms with Crippen molar-refractivity contribution in [1.82, 2.24) is 4.90 Å². The Balaban J connectivity index is 2.54. The number of carboxylic acids is 1. The first kappa shape index (κ1) is 15.8. The second-order valence-corrected chi connectivity index (χ2v) is 6.64. The van der Waals surface area contributed by atoms with Crippen LogP contribution in [0.25, 0.3) is 0 Å². The van der Waals surface area contributed by atoms with Crippen molar-refractivity contribution in [1.29, 1.82) is 0 Å². The third kappa shape index (κ3) is 3.59. The predicted octanol–water partition coefficient (Wildman–Crippen LogP) is 1.32. The monoisotopic (exact) mass is 273 g/mol. The van der Waals surface area contributed by atoms with Crippen molar-refractivity contribution in [2.24, 2.45) is 11.3 Å². The molecule has 0 aromatic carbocycles. The number of aliphatic hydroxyl groups is 1. The van der Waals surface area contributed by atoms with Crippen molar-refractivity contribution in [3.8, 4) is 0 Å². The van der Waals surface area contributed by atoms with Crippen LogP contribution >= 0.6 is 0 Å². The molecule has 1 saturated heterocycles. The molecule has 0 radical (unpaired) electrons. The molecular formula is C13H23NO5. The zero-order chi connectivity index (χ0) is 15.0. The Hall–Kier alpha value is -1.30. The molecule has 0 spiro atoms. The van der Waals surface area contributed by atoms with Gasteiger partial charge in [0, 0.05) is 24.4 Å². The van der Waals surface area contributed by atoms with E-state index in [0.29, 0.717) is 13.1 Å². The summed E-state index contributed by atoms with van der Waals surface area (Å²) in [5, 5.41) is 18.5. The molecule has 1 heterocycles. The fourth-order valence-electron chi connectivity index (χ4n) is 1.97. The number of nitrogens with zero attached hydrogens (tertiary/aromatic N) is 1. The number of aliphatic carboxylic acids is 1. The van der Waals surface area contributed by atoms with Crippen molar-refractivity contribution in [2.75, 3.05) is 13.1 Å². The molecule has 19 heavy (non-hydrogen) atoms. The predicted molar refractivity (Wildman–Crippen MR) is 68.7 cm³/mol. The van der Waals surface area contributed by atoms with Gasteiger partial charge in [-0.3, -0.25) is 0 Å². The molecule has 1 aliphatic rings. The van der Waals surface area contributed by atoms with Gasteiger partial charge in [0.15, 0.2) is 6.10 Å². The van der Waals surface area contributed by atoms with Gasteiger partial charge in [-0.1, -0.05) is 13.8 Å². The van der Waals surface area contributed by atoms with Gasteiger partial charge >= 0.3 is 12.1 Å². The first-order chi connectivity index (χ1) is 8.45. The summed E-state index contributed by atoms with van der Waals surface area (Å²) in [6, 6.07) is 0. The molecule has 0 aromatic heterocycles. The number of hydrogen-bond acceptors (Lipinski definition) is 4. The van der Waals surface area contributed by atoms with Crippen molar-refractivity contribution in [3.05, 3.63) is 0 Å². The lowest BCUT2D eigenvalue weighted by Gasteiger charge is -2.48. The van der Waals surface area contributed by atoms with Crippen LogP contribution in [-0.2, 0) is 9.53 Å². The molecule has 110 valence electrons. The van der Waals surface area contributed by atoms with Gasteiger partial charge in [0.2, 0.25) is 0 Å². The van der Waals surface area contributed by atoms with Crippen LogP contribution in [0.1, 0.15) is 34.6 Å². The Morgan fingerprint density at radius 3 is 2.05 bits per heavy atom. The van der Waals surface area contributed by atoms with E-state index in [-0.39, 0.29) is 5.92 Å². The standard InChI is InChI=1S/C13H23NO5/c1-12(2,3)19-11(18)14-6-8(7-14)13(4,5)9(15)10(16)17/h8-9,15H,6-7H2,1-5H3,(H,16,17). The van der Waals surface area contributed by atoms with E-state index < -0.39 is 29.2 Å². The normalized spacial score (nSPS) is 18.7. The second-order valence-electron chi connectivity index (χ2n) is 6.64. The quantitative estimate of drug-likeness (QED) is 0.810. The third-order valence-electron chi connectivity index (χ3n) is 3.52. The fourth-order valence-corrected chi connectivity index (χ4v) is 1.97. The van der Waals surface area contributed by atoms with Crippen molar-refractivity contribution >= 4 is 12.1 Å². The summed E-state index contributed by atoms with van der Waals surface area (Å²) in [4.78, 5) is 24.1. The number of hydrogen-bond donors (Lipinski definition) is 2. The summed E-state index contributed by atoms with van der Waals surface area (Å²) in [5.41, 5.74) is -1.32. The van der Waals surface area contributed by atoms with Gasteiger partial charge in [0.25, 0.3) is 0 Å². The summed E-state index contributed by atoms with van der Waals surface area (Å²) in [7, 11) is 0. The van der Waals surface area contributed by atoms with Crippen LogP contribution in [-0.4, -0.2) is 52.0 Å². The van der Waals surface area contributed by atoms with Gasteiger partial charge in [-0.25, -0.2) is 9.59 Å². The maximum atomic E-state index is 11.7. The first-order valence-corrected chi connectivity index (χ1v) is 6.34. The van der Waals surface area contributed by atoms with Crippen LogP contribution < -0.4 is 0 Å². The molecule has 0 bridgehead atoms. The highest BCUT2D eigenvalue weighted by molar-refractivity contribution is 5.73. The number of ether oxygens (including phenoxy) is 1. The Morgan fingerprint density at radius 1 is 1.21 bits per heavy atom. The fraction of sp³-hybridized carbons (Fsp3) is 0.846. The lowest BCUT2D eigenvalue weighted by atomic mass is 9.70.